The Hall–Kier alpha value is -9.06. The maximum absolute atomic E-state index is 14.9. The third-order valence-electron chi connectivity index (χ3n) is 20.9. The van der Waals surface area contributed by atoms with Crippen LogP contribution in [-0.4, -0.2) is 75.8 Å². The topological polar surface area (TPSA) is 230 Å². The summed E-state index contributed by atoms with van der Waals surface area (Å²) in [6, 6.07) is 25.0. The van der Waals surface area contributed by atoms with Crippen molar-refractivity contribution in [1.29, 1.82) is 0 Å². The molecule has 18 heteroatoms. The lowest BCUT2D eigenvalue weighted by atomic mass is 9.79. The van der Waals surface area contributed by atoms with Crippen LogP contribution in [0.25, 0.3) is 0 Å². The molecule has 0 atom stereocenters. The fraction of sp³-hybridized carbons (Fsp3) is 0.562. The number of carbonyl (C=O) groups is 6. The van der Waals surface area contributed by atoms with Crippen molar-refractivity contribution in [2.24, 2.45) is 0 Å². The van der Waals surface area contributed by atoms with E-state index in [0.29, 0.717) is 145 Å². The van der Waals surface area contributed by atoms with E-state index in [2.05, 4.69) is 271 Å². The molecule has 6 N–H and O–H groups in total. The highest BCUT2D eigenvalue weighted by molar-refractivity contribution is 5.78. The Labute approximate surface area is 683 Å². The molecular weight excluding hydrogens is 1430 g/mol. The predicted molar refractivity (Wildman–Crippen MR) is 461 cm³/mol. The molecule has 0 radical (unpaired) electrons. The summed E-state index contributed by atoms with van der Waals surface area (Å²) in [6.45, 7) is 53.0. The molecule has 0 saturated carbocycles. The van der Waals surface area contributed by atoms with Gasteiger partial charge in [0.05, 0.1) is 0 Å². The van der Waals surface area contributed by atoms with E-state index in [1.807, 2.05) is 0 Å². The van der Waals surface area contributed by atoms with E-state index in [9.17, 15) is 28.8 Å². The first-order valence-corrected chi connectivity index (χ1v) is 42.2. The monoisotopic (exact) mass is 1570 g/mol. The highest BCUT2D eigenvalue weighted by atomic mass is 16.6. The van der Waals surface area contributed by atoms with Gasteiger partial charge in [-0.05, 0) is 104 Å². The molecule has 0 unspecified atom stereocenters. The lowest BCUT2D eigenvalue weighted by molar-refractivity contribution is 0.198. The molecule has 12 bridgehead atoms. The van der Waals surface area contributed by atoms with Gasteiger partial charge in [-0.1, -0.05) is 277 Å². The van der Waals surface area contributed by atoms with Crippen molar-refractivity contribution in [2.45, 2.75) is 314 Å². The van der Waals surface area contributed by atoms with Crippen LogP contribution in [0.2, 0.25) is 0 Å². The van der Waals surface area contributed by atoms with Crippen LogP contribution in [0.15, 0.2) is 72.8 Å². The minimum absolute atomic E-state index is 0.0679. The highest BCUT2D eigenvalue weighted by Crippen LogP contribution is 2.47. The fourth-order valence-corrected chi connectivity index (χ4v) is 13.7. The van der Waals surface area contributed by atoms with Crippen LogP contribution in [0.1, 0.15) is 343 Å². The van der Waals surface area contributed by atoms with Crippen LogP contribution in [0.4, 0.5) is 28.8 Å². The summed E-state index contributed by atoms with van der Waals surface area (Å²) in [5, 5.41) is 18.3. The Morgan fingerprint density at radius 3 is 0.412 bits per heavy atom. The van der Waals surface area contributed by atoms with E-state index in [-0.39, 0.29) is 73.0 Å². The van der Waals surface area contributed by atoms with Crippen molar-refractivity contribution in [3.8, 4) is 34.5 Å². The Balaban J connectivity index is 1.83. The minimum Gasteiger partial charge on any atom is -0.410 e. The second kappa shape index (κ2) is 40.5. The standard InChI is InChI=1S/C96H138N6O12/c1-25-31-37-97-85(103)109-79-61-43-63-51-74(92(10,11)12)53-65(80(63)110-86(104)98-38-32-26-2)45-67-55-76(94(16,17)18)57-69(82(67)112-88(106)100-40-34-28-4)47-71-59-78(96(22,23)24)60-72(84(71)114-90(108)102-42-36-30-6)48-70-58-77(95(19,20)21)56-68(83(70)113-89(107)101-41-35-29-5)46-66-54-75(93(13,14)15)52-64(81(66)111-87(105)99-39-33-27-3)44-62(79)50-73(49-61)91(7,8)9/h49-60H,25-48H2,1-24H3,(H,97,103)(H,98,104)(H,99,105)(H,100,106)(H,101,107)(H,102,108). The number of fused-ring (bicyclic) bond motifs is 12. The maximum atomic E-state index is 14.9. The van der Waals surface area contributed by atoms with Gasteiger partial charge in [0.15, 0.2) is 0 Å². The molecule has 0 aromatic heterocycles. The molecule has 1 aliphatic carbocycles. The predicted octanol–water partition coefficient (Wildman–Crippen LogP) is 22.7. The lowest BCUT2D eigenvalue weighted by Gasteiger charge is -2.28. The minimum atomic E-state index is -0.661. The van der Waals surface area contributed by atoms with Gasteiger partial charge in [0, 0.05) is 145 Å². The van der Waals surface area contributed by atoms with Gasteiger partial charge in [0.2, 0.25) is 0 Å². The summed E-state index contributed by atoms with van der Waals surface area (Å²) >= 11 is 0. The lowest BCUT2D eigenvalue weighted by Crippen LogP contribution is -2.30. The number of hydrogen-bond donors (Lipinski definition) is 6. The van der Waals surface area contributed by atoms with Gasteiger partial charge in [0.25, 0.3) is 0 Å². The van der Waals surface area contributed by atoms with Crippen LogP contribution in [-0.2, 0) is 71.0 Å². The molecule has 7 rings (SSSR count). The molecule has 0 fully saturated rings. The zero-order chi connectivity index (χ0) is 84.3. The van der Waals surface area contributed by atoms with Crippen molar-refractivity contribution < 1.29 is 57.2 Å². The van der Waals surface area contributed by atoms with E-state index in [1.54, 1.807) is 0 Å². The number of unbranched alkanes of at least 4 members (excludes halogenated alkanes) is 6. The smallest absolute Gasteiger partial charge is 0.410 e. The number of benzene rings is 6. The molecule has 114 heavy (non-hydrogen) atoms. The summed E-state index contributed by atoms with van der Waals surface area (Å²) < 4.78 is 41.1. The van der Waals surface area contributed by atoms with Gasteiger partial charge >= 0.3 is 36.6 Å². The number of rotatable bonds is 24. The van der Waals surface area contributed by atoms with Gasteiger partial charge in [-0.25, -0.2) is 28.8 Å². The number of amides is 6. The largest absolute Gasteiger partial charge is 0.412 e. The molecular formula is C96H138N6O12. The van der Waals surface area contributed by atoms with Crippen LogP contribution in [0.3, 0.4) is 0 Å². The van der Waals surface area contributed by atoms with E-state index in [0.717, 1.165) is 71.9 Å². The average Bonchev–Trinajstić information content (AvgIpc) is 0.763. The summed E-state index contributed by atoms with van der Waals surface area (Å²) in [6.07, 6.45) is 5.60. The van der Waals surface area contributed by atoms with Crippen molar-refractivity contribution in [3.05, 3.63) is 173 Å². The van der Waals surface area contributed by atoms with Gasteiger partial charge in [0.1, 0.15) is 34.5 Å². The van der Waals surface area contributed by atoms with Crippen molar-refractivity contribution in [1.82, 2.24) is 31.9 Å². The molecule has 0 heterocycles. The maximum Gasteiger partial charge on any atom is 0.412 e. The summed E-state index contributed by atoms with van der Waals surface area (Å²) in [5.41, 5.74) is 9.70. The van der Waals surface area contributed by atoms with Crippen LogP contribution >= 0.6 is 0 Å². The first kappa shape index (κ1) is 92.1. The van der Waals surface area contributed by atoms with E-state index >= 15 is 0 Å². The second-order valence-corrected chi connectivity index (χ2v) is 37.3. The Bertz CT molecular complexity index is 3490. The molecule has 1 aliphatic rings. The fourth-order valence-electron chi connectivity index (χ4n) is 13.7. The summed E-state index contributed by atoms with van der Waals surface area (Å²) in [4.78, 5) is 89.2. The normalized spacial score (nSPS) is 12.8. The van der Waals surface area contributed by atoms with Gasteiger partial charge < -0.3 is 60.3 Å². The number of carbonyl (C=O) groups excluding carboxylic acids is 6. The second-order valence-electron chi connectivity index (χ2n) is 37.3. The van der Waals surface area contributed by atoms with E-state index in [4.69, 9.17) is 28.4 Å². The van der Waals surface area contributed by atoms with Crippen molar-refractivity contribution >= 4 is 36.6 Å². The molecule has 18 nitrogen and oxygen atoms in total. The van der Waals surface area contributed by atoms with Crippen molar-refractivity contribution in [2.75, 3.05) is 39.3 Å². The van der Waals surface area contributed by atoms with E-state index in [1.165, 1.54) is 0 Å². The quantitative estimate of drug-likeness (QED) is 0.0310. The highest BCUT2D eigenvalue weighted by Gasteiger charge is 2.34. The number of hydrogen-bond acceptors (Lipinski definition) is 12. The van der Waals surface area contributed by atoms with Crippen LogP contribution < -0.4 is 60.3 Å². The summed E-state index contributed by atoms with van der Waals surface area (Å²) in [7, 11) is 0. The Kier molecular flexibility index (Phi) is 32.7. The third-order valence-corrected chi connectivity index (χ3v) is 20.9. The van der Waals surface area contributed by atoms with Gasteiger partial charge in [-0.2, -0.15) is 0 Å². The number of ether oxygens (including phenoxy) is 6. The molecule has 0 saturated heterocycles. The Morgan fingerprint density at radius 2 is 0.325 bits per heavy atom. The van der Waals surface area contributed by atoms with Crippen LogP contribution in [0.5, 0.6) is 34.5 Å². The molecule has 6 aromatic carbocycles. The summed E-state index contributed by atoms with van der Waals surface area (Å²) in [5.74, 6) is 1.63. The zero-order valence-corrected chi connectivity index (χ0v) is 73.8. The SMILES string of the molecule is CCCCNC(=O)Oc1c2cc(C(C)(C)C)cc1Cc1cc(C(C)(C)C)cc(c1OC(=O)NCCCC)Cc1cc(C(C)(C)C)cc(c1OC(=O)NCCCC)Cc1cc(C(C)(C)C)cc(c1OC(=O)NCCCC)Cc1cc(C(C)(C)C)cc(c1OC(=O)NCCCC)Cc1cc(C(C)(C)C)cc(c1OC(=O)NCCCC)C2. The Morgan fingerprint density at radius 1 is 0.219 bits per heavy atom. The van der Waals surface area contributed by atoms with Gasteiger partial charge in [-0.15, -0.1) is 0 Å². The zero-order valence-electron chi connectivity index (χ0n) is 73.8. The third kappa shape index (κ3) is 26.5. The molecule has 6 aromatic rings. The van der Waals surface area contributed by atoms with E-state index < -0.39 is 69.0 Å². The molecule has 6 amide bonds. The first-order chi connectivity index (χ1) is 53.5. The van der Waals surface area contributed by atoms with Gasteiger partial charge in [-0.3, -0.25) is 0 Å². The molecule has 0 spiro atoms. The van der Waals surface area contributed by atoms with Crippen LogP contribution in [0, 0.1) is 0 Å². The first-order valence-electron chi connectivity index (χ1n) is 42.2. The number of nitrogens with one attached hydrogen (secondary N) is 6. The molecule has 624 valence electrons. The van der Waals surface area contributed by atoms with Crippen molar-refractivity contribution in [3.63, 3.8) is 0 Å². The molecule has 0 aliphatic heterocycles. The average molecular weight is 1570 g/mol.